The van der Waals surface area contributed by atoms with E-state index in [2.05, 4.69) is 31.4 Å². The van der Waals surface area contributed by atoms with Crippen LogP contribution in [0.2, 0.25) is 0 Å². The van der Waals surface area contributed by atoms with Crippen LogP contribution in [-0.2, 0) is 19.1 Å². The Hall–Kier alpha value is -1.14. The topological polar surface area (TPSA) is 76.7 Å². The molecular formula is C30H52N2O4. The summed E-state index contributed by atoms with van der Waals surface area (Å²) in [6, 6.07) is -0.0247. The van der Waals surface area contributed by atoms with E-state index in [0.717, 1.165) is 76.8 Å². The first kappa shape index (κ1) is 27.9. The van der Waals surface area contributed by atoms with Gasteiger partial charge in [-0.3, -0.25) is 9.59 Å². The molecule has 6 unspecified atom stereocenters. The third-order valence-electron chi connectivity index (χ3n) is 9.99. The Morgan fingerprint density at radius 1 is 0.917 bits per heavy atom. The number of esters is 2. The van der Waals surface area contributed by atoms with Crippen molar-refractivity contribution in [3.8, 4) is 0 Å². The van der Waals surface area contributed by atoms with Crippen molar-refractivity contribution in [1.29, 1.82) is 0 Å². The molecule has 6 nitrogen and oxygen atoms in total. The Kier molecular flexibility index (Phi) is 10.1. The van der Waals surface area contributed by atoms with Crippen LogP contribution < -0.4 is 10.6 Å². The molecule has 4 aliphatic carbocycles. The molecule has 4 aliphatic rings. The van der Waals surface area contributed by atoms with Crippen LogP contribution in [0.1, 0.15) is 117 Å². The maximum atomic E-state index is 13.2. The number of carbonyl (C=O) groups is 2. The molecule has 0 radical (unpaired) electrons. The fourth-order valence-electron chi connectivity index (χ4n) is 7.36. The van der Waals surface area contributed by atoms with Crippen LogP contribution in [0.25, 0.3) is 0 Å². The molecule has 0 aromatic heterocycles. The summed E-state index contributed by atoms with van der Waals surface area (Å²) in [4.78, 5) is 26.0. The van der Waals surface area contributed by atoms with Crippen LogP contribution in [0.15, 0.2) is 0 Å². The number of fused-ring (bicyclic) bond motifs is 2. The summed E-state index contributed by atoms with van der Waals surface area (Å²) in [5.41, 5.74) is 0.383. The Morgan fingerprint density at radius 3 is 2.14 bits per heavy atom. The van der Waals surface area contributed by atoms with Crippen LogP contribution in [0.5, 0.6) is 0 Å². The van der Waals surface area contributed by atoms with Crippen molar-refractivity contribution in [1.82, 2.24) is 10.6 Å². The van der Waals surface area contributed by atoms with E-state index < -0.39 is 6.04 Å². The van der Waals surface area contributed by atoms with Crippen molar-refractivity contribution in [2.75, 3.05) is 13.1 Å². The van der Waals surface area contributed by atoms with Gasteiger partial charge in [-0.2, -0.15) is 0 Å². The molecule has 4 rings (SSSR count). The molecule has 2 bridgehead atoms. The highest BCUT2D eigenvalue weighted by molar-refractivity contribution is 5.83. The van der Waals surface area contributed by atoms with Gasteiger partial charge >= 0.3 is 11.9 Å². The zero-order chi connectivity index (χ0) is 25.5. The summed E-state index contributed by atoms with van der Waals surface area (Å²) >= 11 is 0. The van der Waals surface area contributed by atoms with Crippen molar-refractivity contribution in [3.63, 3.8) is 0 Å². The van der Waals surface area contributed by atoms with Crippen molar-refractivity contribution in [2.24, 2.45) is 23.2 Å². The first-order chi connectivity index (χ1) is 17.4. The molecule has 206 valence electrons. The van der Waals surface area contributed by atoms with Gasteiger partial charge in [0.05, 0.1) is 6.42 Å². The number of nitrogens with one attached hydrogen (secondary N) is 2. The smallest absolute Gasteiger partial charge is 0.324 e. The molecule has 4 fully saturated rings. The van der Waals surface area contributed by atoms with E-state index in [0.29, 0.717) is 23.3 Å². The third kappa shape index (κ3) is 7.46. The van der Waals surface area contributed by atoms with Gasteiger partial charge in [0.1, 0.15) is 18.2 Å². The number of hydrogen-bond acceptors (Lipinski definition) is 6. The first-order valence-corrected chi connectivity index (χ1v) is 15.2. The molecule has 6 heteroatoms. The molecule has 0 aromatic rings. The molecule has 0 saturated heterocycles. The highest BCUT2D eigenvalue weighted by Gasteiger charge is 2.52. The lowest BCUT2D eigenvalue weighted by atomic mass is 9.71. The molecule has 0 aliphatic heterocycles. The third-order valence-corrected chi connectivity index (χ3v) is 9.99. The summed E-state index contributed by atoms with van der Waals surface area (Å²) in [5.74, 6) is 1.51. The van der Waals surface area contributed by atoms with Crippen LogP contribution in [0.4, 0.5) is 0 Å². The van der Waals surface area contributed by atoms with Gasteiger partial charge in [-0.1, -0.05) is 26.7 Å². The van der Waals surface area contributed by atoms with E-state index in [1.165, 1.54) is 32.1 Å². The summed E-state index contributed by atoms with van der Waals surface area (Å²) < 4.78 is 11.7. The fourth-order valence-corrected chi connectivity index (χ4v) is 7.36. The number of hydrogen-bond donors (Lipinski definition) is 2. The van der Waals surface area contributed by atoms with Gasteiger partial charge in [-0.05, 0) is 114 Å². The predicted molar refractivity (Wildman–Crippen MR) is 143 cm³/mol. The van der Waals surface area contributed by atoms with Crippen LogP contribution in [0, 0.1) is 23.2 Å². The second kappa shape index (κ2) is 13.1. The van der Waals surface area contributed by atoms with Gasteiger partial charge in [0.2, 0.25) is 0 Å². The van der Waals surface area contributed by atoms with Gasteiger partial charge in [-0.15, -0.1) is 0 Å². The lowest BCUT2D eigenvalue weighted by Crippen LogP contribution is -2.46. The van der Waals surface area contributed by atoms with Gasteiger partial charge < -0.3 is 20.1 Å². The summed E-state index contributed by atoms with van der Waals surface area (Å²) in [6.45, 7) is 8.87. The van der Waals surface area contributed by atoms with E-state index in [-0.39, 0.29) is 30.6 Å². The monoisotopic (exact) mass is 504 g/mol. The normalized spacial score (nSPS) is 32.8. The number of carbonyl (C=O) groups excluding carboxylic acids is 2. The van der Waals surface area contributed by atoms with E-state index >= 15 is 0 Å². The quantitative estimate of drug-likeness (QED) is 0.341. The molecule has 0 heterocycles. The summed E-state index contributed by atoms with van der Waals surface area (Å²) in [6.07, 6.45) is 15.8. The number of ether oxygens (including phenoxy) is 2. The summed E-state index contributed by atoms with van der Waals surface area (Å²) in [7, 11) is 0. The molecule has 0 spiro atoms. The van der Waals surface area contributed by atoms with Crippen molar-refractivity contribution in [2.45, 2.75) is 141 Å². The Balaban J connectivity index is 1.29. The van der Waals surface area contributed by atoms with Gasteiger partial charge in [0.15, 0.2) is 0 Å². The lowest BCUT2D eigenvalue weighted by molar-refractivity contribution is -0.160. The van der Waals surface area contributed by atoms with Gasteiger partial charge in [0, 0.05) is 12.6 Å². The average Bonchev–Trinajstić information content (AvgIpc) is 3.43. The maximum Gasteiger partial charge on any atom is 0.324 e. The average molecular weight is 505 g/mol. The maximum absolute atomic E-state index is 13.2. The minimum Gasteiger partial charge on any atom is -0.462 e. The second-order valence-corrected chi connectivity index (χ2v) is 12.8. The van der Waals surface area contributed by atoms with Crippen LogP contribution in [-0.4, -0.2) is 49.3 Å². The lowest BCUT2D eigenvalue weighted by Gasteiger charge is -2.38. The Bertz CT molecular complexity index is 718. The zero-order valence-electron chi connectivity index (χ0n) is 23.2. The van der Waals surface area contributed by atoms with E-state index in [9.17, 15) is 9.59 Å². The van der Waals surface area contributed by atoms with E-state index in [1.807, 2.05) is 0 Å². The van der Waals surface area contributed by atoms with E-state index in [4.69, 9.17) is 9.47 Å². The molecule has 0 aromatic carbocycles. The summed E-state index contributed by atoms with van der Waals surface area (Å²) in [5, 5.41) is 7.24. The second-order valence-electron chi connectivity index (χ2n) is 12.8. The van der Waals surface area contributed by atoms with Gasteiger partial charge in [-0.25, -0.2) is 0 Å². The highest BCUT2D eigenvalue weighted by Crippen LogP contribution is 2.58. The molecular weight excluding hydrogens is 452 g/mol. The molecule has 36 heavy (non-hydrogen) atoms. The van der Waals surface area contributed by atoms with Gasteiger partial charge in [0.25, 0.3) is 0 Å². The standard InChI is InChI=1S/C30H52N2O4/c1-4-21(2)32-20-30(3)18-22-15-24(30)16-23(22)19-31-27(29(34)36-26-13-9-6-10-14-26)17-28(33)35-25-11-7-5-8-12-25/h21-27,31-32H,4-20H2,1-3H3. The Labute approximate surface area is 219 Å². The fraction of sp³-hybridized carbons (Fsp3) is 0.933. The molecule has 4 saturated carbocycles. The van der Waals surface area contributed by atoms with E-state index in [1.54, 1.807) is 0 Å². The molecule has 6 atom stereocenters. The van der Waals surface area contributed by atoms with Crippen molar-refractivity contribution < 1.29 is 19.1 Å². The first-order valence-electron chi connectivity index (χ1n) is 15.2. The van der Waals surface area contributed by atoms with Crippen LogP contribution in [0.3, 0.4) is 0 Å². The van der Waals surface area contributed by atoms with Crippen molar-refractivity contribution in [3.05, 3.63) is 0 Å². The molecule has 0 amide bonds. The number of rotatable bonds is 12. The Morgan fingerprint density at radius 2 is 1.56 bits per heavy atom. The molecule has 2 N–H and O–H groups in total. The van der Waals surface area contributed by atoms with Crippen LogP contribution >= 0.6 is 0 Å². The highest BCUT2D eigenvalue weighted by atomic mass is 16.6. The largest absolute Gasteiger partial charge is 0.462 e. The minimum absolute atomic E-state index is 0.00567. The SMILES string of the molecule is CCC(C)NCC1(C)CC2CC1CC2CNC(CC(=O)OC1CCCCC1)C(=O)OC1CCCCC1. The predicted octanol–water partition coefficient (Wildman–Crippen LogP) is 5.53. The zero-order valence-corrected chi connectivity index (χ0v) is 23.2. The minimum atomic E-state index is -0.597. The van der Waals surface area contributed by atoms with Crippen molar-refractivity contribution >= 4 is 11.9 Å².